The number of halogens is 2. The molecule has 19 heavy (non-hydrogen) atoms. The highest BCUT2D eigenvalue weighted by Crippen LogP contribution is 2.23. The molecule has 0 aliphatic carbocycles. The Morgan fingerprint density at radius 1 is 1.26 bits per heavy atom. The molecule has 96 valence electrons. The van der Waals surface area contributed by atoms with E-state index in [9.17, 15) is 4.39 Å². The molecule has 0 atom stereocenters. The van der Waals surface area contributed by atoms with Gasteiger partial charge < -0.3 is 5.32 Å². The molecule has 0 spiro atoms. The van der Waals surface area contributed by atoms with Crippen LogP contribution >= 0.6 is 11.6 Å². The lowest BCUT2D eigenvalue weighted by Gasteiger charge is -2.10. The van der Waals surface area contributed by atoms with Gasteiger partial charge in [-0.1, -0.05) is 17.7 Å². The molecule has 0 heterocycles. The van der Waals surface area contributed by atoms with Crippen molar-refractivity contribution >= 4 is 17.3 Å². The van der Waals surface area contributed by atoms with Crippen molar-refractivity contribution in [3.8, 4) is 6.07 Å². The van der Waals surface area contributed by atoms with E-state index in [2.05, 4.69) is 5.32 Å². The predicted molar refractivity (Wildman–Crippen MR) is 74.6 cm³/mol. The Morgan fingerprint density at radius 3 is 2.74 bits per heavy atom. The molecule has 0 saturated heterocycles. The summed E-state index contributed by atoms with van der Waals surface area (Å²) in [6.45, 7) is 2.41. The Labute approximate surface area is 116 Å². The molecule has 4 heteroatoms. The van der Waals surface area contributed by atoms with Crippen molar-refractivity contribution < 1.29 is 4.39 Å². The van der Waals surface area contributed by atoms with Crippen LogP contribution in [-0.4, -0.2) is 0 Å². The topological polar surface area (TPSA) is 35.8 Å². The van der Waals surface area contributed by atoms with Crippen LogP contribution < -0.4 is 5.32 Å². The van der Waals surface area contributed by atoms with Crippen LogP contribution in [-0.2, 0) is 6.54 Å². The Bertz CT molecular complexity index is 647. The summed E-state index contributed by atoms with van der Waals surface area (Å²) in [5.74, 6) is -0.256. The number of hydrogen-bond donors (Lipinski definition) is 1. The van der Waals surface area contributed by atoms with Crippen molar-refractivity contribution in [2.24, 2.45) is 0 Å². The summed E-state index contributed by atoms with van der Waals surface area (Å²) >= 11 is 6.06. The van der Waals surface area contributed by atoms with Crippen molar-refractivity contribution in [1.29, 1.82) is 5.26 Å². The first-order valence-electron chi connectivity index (χ1n) is 5.78. The van der Waals surface area contributed by atoms with Gasteiger partial charge in [-0.2, -0.15) is 5.26 Å². The minimum atomic E-state index is -0.256. The Morgan fingerprint density at radius 2 is 2.05 bits per heavy atom. The molecule has 0 amide bonds. The van der Waals surface area contributed by atoms with Crippen LogP contribution in [0.1, 0.15) is 16.7 Å². The summed E-state index contributed by atoms with van der Waals surface area (Å²) in [6.07, 6.45) is 0. The molecule has 0 radical (unpaired) electrons. The van der Waals surface area contributed by atoms with Gasteiger partial charge in [0.1, 0.15) is 5.82 Å². The Hall–Kier alpha value is -2.05. The van der Waals surface area contributed by atoms with Gasteiger partial charge in [-0.25, -0.2) is 4.39 Å². The van der Waals surface area contributed by atoms with Gasteiger partial charge in [0.25, 0.3) is 0 Å². The van der Waals surface area contributed by atoms with Crippen molar-refractivity contribution in [2.45, 2.75) is 13.5 Å². The summed E-state index contributed by atoms with van der Waals surface area (Å²) in [7, 11) is 0. The third kappa shape index (κ3) is 3.24. The number of benzene rings is 2. The molecule has 2 nitrogen and oxygen atoms in total. The zero-order valence-corrected chi connectivity index (χ0v) is 11.1. The number of hydrogen-bond acceptors (Lipinski definition) is 2. The standard InChI is InChI=1S/C15H12ClFN2/c1-10-2-4-13(17)7-12(10)9-19-15-5-3-11(8-18)6-14(15)16/h2-7,19H,9H2,1H3. The minimum absolute atomic E-state index is 0.256. The van der Waals surface area contributed by atoms with E-state index in [0.29, 0.717) is 17.1 Å². The Kier molecular flexibility index (Phi) is 4.03. The number of aryl methyl sites for hydroxylation is 1. The zero-order valence-electron chi connectivity index (χ0n) is 10.4. The van der Waals surface area contributed by atoms with Gasteiger partial charge in [0.15, 0.2) is 0 Å². The molecule has 0 aromatic heterocycles. The molecular weight excluding hydrogens is 263 g/mol. The fourth-order valence-electron chi connectivity index (χ4n) is 1.75. The summed E-state index contributed by atoms with van der Waals surface area (Å²) in [6, 6.07) is 11.7. The minimum Gasteiger partial charge on any atom is -0.380 e. The third-order valence-corrected chi connectivity index (χ3v) is 3.19. The van der Waals surface area contributed by atoms with Gasteiger partial charge in [-0.15, -0.1) is 0 Å². The molecule has 2 aromatic rings. The van der Waals surface area contributed by atoms with Gasteiger partial charge in [0, 0.05) is 6.54 Å². The molecule has 0 saturated carbocycles. The largest absolute Gasteiger partial charge is 0.380 e. The maximum absolute atomic E-state index is 13.2. The number of nitrogens with one attached hydrogen (secondary N) is 1. The summed E-state index contributed by atoms with van der Waals surface area (Å²) in [4.78, 5) is 0. The van der Waals surface area contributed by atoms with E-state index in [4.69, 9.17) is 16.9 Å². The van der Waals surface area contributed by atoms with Crippen LogP contribution in [0.3, 0.4) is 0 Å². The van der Waals surface area contributed by atoms with Crippen LogP contribution in [0.4, 0.5) is 10.1 Å². The van der Waals surface area contributed by atoms with E-state index in [1.54, 1.807) is 24.3 Å². The van der Waals surface area contributed by atoms with Crippen molar-refractivity contribution in [3.63, 3.8) is 0 Å². The number of nitrogens with zero attached hydrogens (tertiary/aromatic N) is 1. The lowest BCUT2D eigenvalue weighted by Crippen LogP contribution is -2.02. The molecule has 2 aromatic carbocycles. The van der Waals surface area contributed by atoms with E-state index in [1.165, 1.54) is 12.1 Å². The highest BCUT2D eigenvalue weighted by molar-refractivity contribution is 6.33. The van der Waals surface area contributed by atoms with Crippen LogP contribution in [0.5, 0.6) is 0 Å². The first-order valence-corrected chi connectivity index (χ1v) is 6.16. The zero-order chi connectivity index (χ0) is 13.8. The maximum Gasteiger partial charge on any atom is 0.123 e. The van der Waals surface area contributed by atoms with Gasteiger partial charge in [-0.3, -0.25) is 0 Å². The second-order valence-corrected chi connectivity index (χ2v) is 4.64. The lowest BCUT2D eigenvalue weighted by molar-refractivity contribution is 0.625. The molecule has 1 N–H and O–H groups in total. The summed E-state index contributed by atoms with van der Waals surface area (Å²) in [5, 5.41) is 12.4. The summed E-state index contributed by atoms with van der Waals surface area (Å²) in [5.41, 5.74) is 3.13. The SMILES string of the molecule is Cc1ccc(F)cc1CNc1ccc(C#N)cc1Cl. The van der Waals surface area contributed by atoms with Gasteiger partial charge >= 0.3 is 0 Å². The molecule has 0 aliphatic rings. The number of rotatable bonds is 3. The number of anilines is 1. The average Bonchev–Trinajstić information content (AvgIpc) is 2.40. The summed E-state index contributed by atoms with van der Waals surface area (Å²) < 4.78 is 13.2. The molecule has 0 aliphatic heterocycles. The smallest absolute Gasteiger partial charge is 0.123 e. The lowest BCUT2D eigenvalue weighted by atomic mass is 10.1. The van der Waals surface area contributed by atoms with E-state index < -0.39 is 0 Å². The number of nitriles is 1. The second-order valence-electron chi connectivity index (χ2n) is 4.23. The fourth-order valence-corrected chi connectivity index (χ4v) is 2.00. The molecular formula is C15H12ClFN2. The maximum atomic E-state index is 13.2. The highest BCUT2D eigenvalue weighted by Gasteiger charge is 2.04. The first-order chi connectivity index (χ1) is 9.10. The molecule has 2 rings (SSSR count). The van der Waals surface area contributed by atoms with Gasteiger partial charge in [0.05, 0.1) is 22.3 Å². The van der Waals surface area contributed by atoms with Crippen LogP contribution in [0, 0.1) is 24.1 Å². The third-order valence-electron chi connectivity index (χ3n) is 2.88. The normalized spacial score (nSPS) is 10.0. The van der Waals surface area contributed by atoms with Crippen molar-refractivity contribution in [1.82, 2.24) is 0 Å². The molecule has 0 unspecified atom stereocenters. The van der Waals surface area contributed by atoms with Crippen molar-refractivity contribution in [2.75, 3.05) is 5.32 Å². The predicted octanol–water partition coefficient (Wildman–Crippen LogP) is 4.27. The van der Waals surface area contributed by atoms with E-state index >= 15 is 0 Å². The van der Waals surface area contributed by atoms with Gasteiger partial charge in [-0.05, 0) is 48.4 Å². The molecule has 0 fully saturated rings. The van der Waals surface area contributed by atoms with Crippen LogP contribution in [0.15, 0.2) is 36.4 Å². The quantitative estimate of drug-likeness (QED) is 0.907. The van der Waals surface area contributed by atoms with Crippen molar-refractivity contribution in [3.05, 3.63) is 63.9 Å². The second kappa shape index (κ2) is 5.73. The van der Waals surface area contributed by atoms with Crippen LogP contribution in [0.25, 0.3) is 0 Å². The molecule has 0 bridgehead atoms. The monoisotopic (exact) mass is 274 g/mol. The van der Waals surface area contributed by atoms with Gasteiger partial charge in [0.2, 0.25) is 0 Å². The van der Waals surface area contributed by atoms with Crippen LogP contribution in [0.2, 0.25) is 5.02 Å². The average molecular weight is 275 g/mol. The van der Waals surface area contributed by atoms with E-state index in [-0.39, 0.29) is 5.82 Å². The first kappa shape index (κ1) is 13.4. The fraction of sp³-hybridized carbons (Fsp3) is 0.133. The van der Waals surface area contributed by atoms with E-state index in [0.717, 1.165) is 16.8 Å². The Balaban J connectivity index is 2.15. The van der Waals surface area contributed by atoms with E-state index in [1.807, 2.05) is 13.0 Å². The highest BCUT2D eigenvalue weighted by atomic mass is 35.5.